The van der Waals surface area contributed by atoms with Crippen molar-refractivity contribution in [1.82, 2.24) is 5.32 Å². The summed E-state index contributed by atoms with van der Waals surface area (Å²) in [6.07, 6.45) is 52.8. The fourth-order valence-corrected chi connectivity index (χ4v) is 9.29. The zero-order chi connectivity index (χ0) is 50.3. The van der Waals surface area contributed by atoms with Gasteiger partial charge in [-0.3, -0.25) is 4.79 Å². The highest BCUT2D eigenvalue weighted by Gasteiger charge is 2.44. The molecule has 406 valence electrons. The molecular weight excluding hydrogens is 867 g/mol. The molecule has 1 amide bonds. The summed E-state index contributed by atoms with van der Waals surface area (Å²) in [6.45, 7) is 3.59. The Morgan fingerprint density at radius 2 is 0.855 bits per heavy atom. The van der Waals surface area contributed by atoms with Crippen LogP contribution in [0.25, 0.3) is 0 Å². The Hall–Kier alpha value is -1.63. The number of rotatable bonds is 50. The third-order valence-corrected chi connectivity index (χ3v) is 14.0. The van der Waals surface area contributed by atoms with Crippen LogP contribution in [-0.4, -0.2) is 98.7 Å². The summed E-state index contributed by atoms with van der Waals surface area (Å²) in [5.74, 6) is -0.624. The second-order valence-electron chi connectivity index (χ2n) is 20.6. The molecule has 0 aromatic rings. The van der Waals surface area contributed by atoms with Crippen LogP contribution in [0.4, 0.5) is 0 Å². The first-order valence-electron chi connectivity index (χ1n) is 29.3. The van der Waals surface area contributed by atoms with Gasteiger partial charge in [-0.1, -0.05) is 249 Å². The van der Waals surface area contributed by atoms with Gasteiger partial charge in [0.05, 0.1) is 25.4 Å². The number of nitrogens with one attached hydrogen (secondary N) is 1. The molecule has 10 nitrogen and oxygen atoms in total. The molecule has 8 atom stereocenters. The van der Waals surface area contributed by atoms with Crippen LogP contribution in [0.1, 0.15) is 271 Å². The molecule has 10 heteroatoms. The highest BCUT2D eigenvalue weighted by Crippen LogP contribution is 2.23. The second-order valence-corrected chi connectivity index (χ2v) is 20.6. The summed E-state index contributed by atoms with van der Waals surface area (Å²) in [7, 11) is 0. The molecule has 7 N–H and O–H groups in total. The number of unbranched alkanes of at least 4 members (excludes halogenated alkanes) is 35. The molecule has 0 radical (unpaired) electrons. The Morgan fingerprint density at radius 3 is 1.26 bits per heavy atom. The minimum absolute atomic E-state index is 0.306. The van der Waals surface area contributed by atoms with Crippen LogP contribution >= 0.6 is 0 Å². The highest BCUT2D eigenvalue weighted by molar-refractivity contribution is 5.80. The molecule has 0 aromatic heterocycles. The van der Waals surface area contributed by atoms with E-state index in [-0.39, 0.29) is 6.61 Å². The number of hydrogen-bond acceptors (Lipinski definition) is 9. The molecule has 0 aromatic carbocycles. The standard InChI is InChI=1S/C59H111NO9/c1-3-5-7-9-11-13-15-17-18-19-20-21-22-23-24-25-26-27-28-29-30-31-32-33-34-35-36-38-40-42-44-46-48-53(63)58(67)60-51(50-68-59-57(66)56(65)55(64)54(49-61)69-59)52(62)47-45-43-41-39-37-16-14-12-10-8-6-4-2/h23-24,37,39,45,47,51-57,59,61-66H,3-22,25-36,38,40-44,46,48-50H2,1-2H3,(H,60,67)/b24-23-,39-37+,47-45+. The molecule has 1 aliphatic rings. The lowest BCUT2D eigenvalue weighted by atomic mass is 9.99. The number of carbonyl (C=O) groups is 1. The molecule has 8 unspecified atom stereocenters. The molecule has 1 rings (SSSR count). The highest BCUT2D eigenvalue weighted by atomic mass is 16.7. The van der Waals surface area contributed by atoms with Gasteiger partial charge in [0.25, 0.3) is 0 Å². The molecule has 1 aliphatic heterocycles. The molecule has 0 aliphatic carbocycles. The number of amides is 1. The fourth-order valence-electron chi connectivity index (χ4n) is 9.29. The number of aliphatic hydroxyl groups excluding tert-OH is 6. The van der Waals surface area contributed by atoms with Crippen LogP contribution < -0.4 is 5.32 Å². The van der Waals surface area contributed by atoms with Crippen molar-refractivity contribution in [3.05, 3.63) is 36.5 Å². The summed E-state index contributed by atoms with van der Waals surface area (Å²) in [6, 6.07) is -0.995. The van der Waals surface area contributed by atoms with Crippen LogP contribution in [0.15, 0.2) is 36.5 Å². The Balaban J connectivity index is 2.15. The number of hydrogen-bond donors (Lipinski definition) is 7. The van der Waals surface area contributed by atoms with Crippen molar-refractivity contribution in [2.75, 3.05) is 13.2 Å². The maximum atomic E-state index is 13.1. The van der Waals surface area contributed by atoms with Crippen LogP contribution in [0.5, 0.6) is 0 Å². The van der Waals surface area contributed by atoms with E-state index in [9.17, 15) is 35.4 Å². The normalized spacial score (nSPS) is 20.1. The Morgan fingerprint density at radius 1 is 0.493 bits per heavy atom. The molecule has 1 heterocycles. The van der Waals surface area contributed by atoms with E-state index < -0.39 is 61.5 Å². The molecule has 1 saturated heterocycles. The average Bonchev–Trinajstić information content (AvgIpc) is 3.35. The van der Waals surface area contributed by atoms with Crippen molar-refractivity contribution >= 4 is 5.91 Å². The predicted molar refractivity (Wildman–Crippen MR) is 287 cm³/mol. The van der Waals surface area contributed by atoms with Gasteiger partial charge in [0.2, 0.25) is 5.91 Å². The van der Waals surface area contributed by atoms with Crippen LogP contribution in [-0.2, 0) is 14.3 Å². The summed E-state index contributed by atoms with van der Waals surface area (Å²) in [5.41, 5.74) is 0. The predicted octanol–water partition coefficient (Wildman–Crippen LogP) is 13.3. The zero-order valence-electron chi connectivity index (χ0n) is 44.7. The lowest BCUT2D eigenvalue weighted by Crippen LogP contribution is -2.60. The molecule has 1 fully saturated rings. The quantitative estimate of drug-likeness (QED) is 0.0232. The Kier molecular flexibility index (Phi) is 46.1. The van der Waals surface area contributed by atoms with Gasteiger partial charge < -0.3 is 45.4 Å². The van der Waals surface area contributed by atoms with Crippen molar-refractivity contribution < 1.29 is 44.9 Å². The first kappa shape index (κ1) is 65.4. The van der Waals surface area contributed by atoms with Crippen LogP contribution in [0.2, 0.25) is 0 Å². The van der Waals surface area contributed by atoms with E-state index in [1.165, 1.54) is 205 Å². The van der Waals surface area contributed by atoms with E-state index in [2.05, 4.69) is 43.5 Å². The van der Waals surface area contributed by atoms with Crippen molar-refractivity contribution in [2.45, 2.75) is 320 Å². The van der Waals surface area contributed by atoms with Crippen molar-refractivity contribution in [2.24, 2.45) is 0 Å². The van der Waals surface area contributed by atoms with E-state index in [0.717, 1.165) is 32.1 Å². The van der Waals surface area contributed by atoms with Crippen molar-refractivity contribution in [1.29, 1.82) is 0 Å². The Labute approximate surface area is 424 Å². The first-order chi connectivity index (χ1) is 33.8. The zero-order valence-corrected chi connectivity index (χ0v) is 44.7. The van der Waals surface area contributed by atoms with E-state index in [4.69, 9.17) is 9.47 Å². The number of aliphatic hydroxyl groups is 6. The van der Waals surface area contributed by atoms with Gasteiger partial charge in [0.1, 0.15) is 30.5 Å². The van der Waals surface area contributed by atoms with E-state index >= 15 is 0 Å². The second kappa shape index (κ2) is 48.6. The topological polar surface area (TPSA) is 169 Å². The van der Waals surface area contributed by atoms with Crippen molar-refractivity contribution in [3.63, 3.8) is 0 Å². The van der Waals surface area contributed by atoms with E-state index in [1.807, 2.05) is 6.08 Å². The van der Waals surface area contributed by atoms with E-state index in [1.54, 1.807) is 6.08 Å². The number of ether oxygens (including phenoxy) is 2. The molecule has 69 heavy (non-hydrogen) atoms. The van der Waals surface area contributed by atoms with Gasteiger partial charge in [0, 0.05) is 0 Å². The maximum absolute atomic E-state index is 13.1. The van der Waals surface area contributed by atoms with Gasteiger partial charge in [-0.15, -0.1) is 0 Å². The SMILES string of the molecule is CCCCCCCC/C=C/CC/C=C/C(O)C(COC1OC(CO)C(O)C(O)C1O)NC(=O)C(O)CCCCCCCCCCCCCCCCCC/C=C\CCCCCCCCCCCCCC. The molecular formula is C59H111NO9. The van der Waals surface area contributed by atoms with Crippen molar-refractivity contribution in [3.8, 4) is 0 Å². The summed E-state index contributed by atoms with van der Waals surface area (Å²) in [4.78, 5) is 13.1. The van der Waals surface area contributed by atoms with Crippen LogP contribution in [0.3, 0.4) is 0 Å². The van der Waals surface area contributed by atoms with Gasteiger partial charge in [-0.2, -0.15) is 0 Å². The Bertz CT molecular complexity index is 1200. The monoisotopic (exact) mass is 978 g/mol. The van der Waals surface area contributed by atoms with Crippen LogP contribution in [0, 0.1) is 0 Å². The van der Waals surface area contributed by atoms with Gasteiger partial charge >= 0.3 is 0 Å². The molecule has 0 saturated carbocycles. The fraction of sp³-hybridized carbons (Fsp3) is 0.881. The summed E-state index contributed by atoms with van der Waals surface area (Å²) >= 11 is 0. The van der Waals surface area contributed by atoms with Gasteiger partial charge in [0.15, 0.2) is 6.29 Å². The molecule has 0 spiro atoms. The average molecular weight is 979 g/mol. The molecule has 0 bridgehead atoms. The largest absolute Gasteiger partial charge is 0.394 e. The van der Waals surface area contributed by atoms with Gasteiger partial charge in [-0.25, -0.2) is 0 Å². The van der Waals surface area contributed by atoms with E-state index in [0.29, 0.717) is 19.3 Å². The lowest BCUT2D eigenvalue weighted by molar-refractivity contribution is -0.302. The number of carbonyl (C=O) groups excluding carboxylic acids is 1. The summed E-state index contributed by atoms with van der Waals surface area (Å²) in [5, 5.41) is 64.8. The van der Waals surface area contributed by atoms with Gasteiger partial charge in [-0.05, 0) is 57.8 Å². The minimum atomic E-state index is -1.61. The third-order valence-electron chi connectivity index (χ3n) is 14.0. The summed E-state index contributed by atoms with van der Waals surface area (Å²) < 4.78 is 11.1. The first-order valence-corrected chi connectivity index (χ1v) is 29.3. The lowest BCUT2D eigenvalue weighted by Gasteiger charge is -2.40. The minimum Gasteiger partial charge on any atom is -0.394 e. The number of allylic oxidation sites excluding steroid dienone is 5. The third kappa shape index (κ3) is 37.7. The maximum Gasteiger partial charge on any atom is 0.249 e. The smallest absolute Gasteiger partial charge is 0.249 e.